The quantitative estimate of drug-likeness (QED) is 0.592. The third-order valence-corrected chi connectivity index (χ3v) is 5.92. The van der Waals surface area contributed by atoms with Gasteiger partial charge in [0.2, 0.25) is 10.0 Å². The summed E-state index contributed by atoms with van der Waals surface area (Å²) in [6.45, 7) is 6.13. The molecule has 1 aromatic carbocycles. The highest BCUT2D eigenvalue weighted by Crippen LogP contribution is 2.38. The second-order valence-corrected chi connectivity index (χ2v) is 7.29. The van der Waals surface area contributed by atoms with Gasteiger partial charge in [-0.15, -0.1) is 0 Å². The fourth-order valence-electron chi connectivity index (χ4n) is 2.58. The Labute approximate surface area is 116 Å². The van der Waals surface area contributed by atoms with Crippen molar-refractivity contribution in [2.45, 2.75) is 63.4 Å². The van der Waals surface area contributed by atoms with Crippen molar-refractivity contribution >= 4 is 10.0 Å². The summed E-state index contributed by atoms with van der Waals surface area (Å²) in [7, 11) is -3.28. The zero-order valence-corrected chi connectivity index (χ0v) is 12.8. The van der Waals surface area contributed by atoms with Crippen LogP contribution in [0, 0.1) is 6.92 Å². The molecule has 1 aromatic rings. The SMILES string of the molecule is CCCCC[C@H]1[C@H](C)N1S(=O)(=O)c1ccc(C)cc1. The van der Waals surface area contributed by atoms with Crippen LogP contribution in [0.1, 0.15) is 45.1 Å². The first kappa shape index (κ1) is 14.5. The fourth-order valence-corrected chi connectivity index (χ4v) is 4.47. The lowest BCUT2D eigenvalue weighted by Crippen LogP contribution is -2.15. The van der Waals surface area contributed by atoms with Gasteiger partial charge >= 0.3 is 0 Å². The molecule has 1 saturated heterocycles. The van der Waals surface area contributed by atoms with E-state index in [2.05, 4.69) is 6.92 Å². The maximum atomic E-state index is 12.5. The van der Waals surface area contributed by atoms with E-state index in [4.69, 9.17) is 0 Å². The Bertz CT molecular complexity index is 522. The summed E-state index contributed by atoms with van der Waals surface area (Å²) in [5.74, 6) is 0. The molecular formula is C15H23NO2S. The number of nitrogens with zero attached hydrogens (tertiary/aromatic N) is 1. The number of unbranched alkanes of at least 4 members (excludes halogenated alkanes) is 2. The molecule has 0 bridgehead atoms. The van der Waals surface area contributed by atoms with Gasteiger partial charge in [0, 0.05) is 12.1 Å². The Morgan fingerprint density at radius 1 is 1.16 bits per heavy atom. The number of benzene rings is 1. The Kier molecular flexibility index (Phi) is 4.31. The molecule has 1 aliphatic heterocycles. The van der Waals surface area contributed by atoms with Crippen molar-refractivity contribution in [3.8, 4) is 0 Å². The number of sulfonamides is 1. The van der Waals surface area contributed by atoms with E-state index < -0.39 is 10.0 Å². The molecule has 0 saturated carbocycles. The third-order valence-electron chi connectivity index (χ3n) is 3.90. The molecule has 1 fully saturated rings. The van der Waals surface area contributed by atoms with E-state index in [0.29, 0.717) is 4.90 Å². The van der Waals surface area contributed by atoms with Gasteiger partial charge in [0.1, 0.15) is 0 Å². The van der Waals surface area contributed by atoms with Crippen molar-refractivity contribution in [3.63, 3.8) is 0 Å². The maximum absolute atomic E-state index is 12.5. The van der Waals surface area contributed by atoms with E-state index >= 15 is 0 Å². The minimum atomic E-state index is -3.28. The van der Waals surface area contributed by atoms with E-state index in [1.54, 1.807) is 16.4 Å². The topological polar surface area (TPSA) is 37.1 Å². The van der Waals surface area contributed by atoms with Crippen LogP contribution in [0.4, 0.5) is 0 Å². The highest BCUT2D eigenvalue weighted by atomic mass is 32.2. The van der Waals surface area contributed by atoms with Crippen molar-refractivity contribution in [3.05, 3.63) is 29.8 Å². The highest BCUT2D eigenvalue weighted by Gasteiger charge is 2.51. The third kappa shape index (κ3) is 3.00. The van der Waals surface area contributed by atoms with Gasteiger partial charge in [0.25, 0.3) is 0 Å². The Morgan fingerprint density at radius 2 is 1.79 bits per heavy atom. The Morgan fingerprint density at radius 3 is 2.37 bits per heavy atom. The molecule has 19 heavy (non-hydrogen) atoms. The van der Waals surface area contributed by atoms with Crippen LogP contribution in [0.25, 0.3) is 0 Å². The van der Waals surface area contributed by atoms with Crippen LogP contribution >= 0.6 is 0 Å². The minimum absolute atomic E-state index is 0.156. The molecule has 1 unspecified atom stereocenters. The summed E-state index contributed by atoms with van der Waals surface area (Å²) < 4.78 is 26.6. The lowest BCUT2D eigenvalue weighted by atomic mass is 10.1. The first-order valence-electron chi connectivity index (χ1n) is 7.08. The largest absolute Gasteiger partial charge is 0.243 e. The zero-order chi connectivity index (χ0) is 14.0. The standard InChI is InChI=1S/C15H23NO2S/c1-4-5-6-7-15-13(3)16(15)19(17,18)14-10-8-12(2)9-11-14/h8-11,13,15H,4-7H2,1-3H3/t13-,15-,16?/m0/s1. The summed E-state index contributed by atoms with van der Waals surface area (Å²) in [5.41, 5.74) is 1.08. The average molecular weight is 281 g/mol. The van der Waals surface area contributed by atoms with Gasteiger partial charge in [-0.2, -0.15) is 4.31 Å². The van der Waals surface area contributed by atoms with Crippen LogP contribution in [-0.4, -0.2) is 24.8 Å². The van der Waals surface area contributed by atoms with E-state index in [9.17, 15) is 8.42 Å². The molecular weight excluding hydrogens is 258 g/mol. The van der Waals surface area contributed by atoms with Crippen molar-refractivity contribution in [2.24, 2.45) is 0 Å². The second-order valence-electron chi connectivity index (χ2n) is 5.45. The second kappa shape index (κ2) is 5.63. The molecule has 1 aliphatic rings. The normalized spacial score (nSPS) is 26.4. The van der Waals surface area contributed by atoms with Crippen LogP contribution in [0.2, 0.25) is 0 Å². The number of hydrogen-bond acceptors (Lipinski definition) is 2. The van der Waals surface area contributed by atoms with Gasteiger partial charge in [-0.3, -0.25) is 0 Å². The summed E-state index contributed by atoms with van der Waals surface area (Å²) >= 11 is 0. The molecule has 1 heterocycles. The van der Waals surface area contributed by atoms with Crippen molar-refractivity contribution in [1.82, 2.24) is 4.31 Å². The summed E-state index contributed by atoms with van der Waals surface area (Å²) in [6, 6.07) is 7.48. The lowest BCUT2D eigenvalue weighted by molar-refractivity contribution is 0.537. The zero-order valence-electron chi connectivity index (χ0n) is 12.0. The Balaban J connectivity index is 2.07. The minimum Gasteiger partial charge on any atom is -0.207 e. The summed E-state index contributed by atoms with van der Waals surface area (Å²) in [6.07, 6.45) is 4.46. The van der Waals surface area contributed by atoms with Gasteiger partial charge in [-0.1, -0.05) is 43.9 Å². The summed E-state index contributed by atoms with van der Waals surface area (Å²) in [5, 5.41) is 0. The highest BCUT2D eigenvalue weighted by molar-refractivity contribution is 7.89. The predicted molar refractivity (Wildman–Crippen MR) is 77.6 cm³/mol. The smallest absolute Gasteiger partial charge is 0.207 e. The lowest BCUT2D eigenvalue weighted by Gasteiger charge is -2.07. The molecule has 0 aliphatic carbocycles. The number of rotatable bonds is 6. The van der Waals surface area contributed by atoms with Gasteiger partial charge < -0.3 is 0 Å². The van der Waals surface area contributed by atoms with E-state index in [1.165, 1.54) is 12.8 Å². The van der Waals surface area contributed by atoms with Crippen molar-refractivity contribution in [2.75, 3.05) is 0 Å². The molecule has 0 spiro atoms. The molecule has 0 aromatic heterocycles. The van der Waals surface area contributed by atoms with Crippen LogP contribution < -0.4 is 0 Å². The molecule has 0 amide bonds. The van der Waals surface area contributed by atoms with Crippen LogP contribution in [0.5, 0.6) is 0 Å². The molecule has 0 N–H and O–H groups in total. The first-order valence-corrected chi connectivity index (χ1v) is 8.52. The summed E-state index contributed by atoms with van der Waals surface area (Å²) in [4.78, 5) is 0.419. The van der Waals surface area contributed by atoms with Crippen molar-refractivity contribution < 1.29 is 8.42 Å². The fraction of sp³-hybridized carbons (Fsp3) is 0.600. The maximum Gasteiger partial charge on any atom is 0.243 e. The molecule has 2 rings (SSSR count). The average Bonchev–Trinajstić information content (AvgIpc) is 3.02. The first-order chi connectivity index (χ1) is 8.98. The molecule has 106 valence electrons. The predicted octanol–water partition coefficient (Wildman–Crippen LogP) is 3.34. The van der Waals surface area contributed by atoms with Crippen LogP contribution in [-0.2, 0) is 10.0 Å². The molecule has 4 heteroatoms. The number of aryl methyl sites for hydroxylation is 1. The Hall–Kier alpha value is -0.870. The van der Waals surface area contributed by atoms with Gasteiger partial charge in [-0.25, -0.2) is 8.42 Å². The molecule has 0 radical (unpaired) electrons. The molecule has 3 atom stereocenters. The van der Waals surface area contributed by atoms with Gasteiger partial charge in [0.05, 0.1) is 4.90 Å². The van der Waals surface area contributed by atoms with Gasteiger partial charge in [0.15, 0.2) is 0 Å². The number of hydrogen-bond donors (Lipinski definition) is 0. The van der Waals surface area contributed by atoms with E-state index in [1.807, 2.05) is 26.0 Å². The van der Waals surface area contributed by atoms with Crippen LogP contribution in [0.15, 0.2) is 29.2 Å². The van der Waals surface area contributed by atoms with Gasteiger partial charge in [-0.05, 0) is 32.4 Å². The molecule has 3 nitrogen and oxygen atoms in total. The van der Waals surface area contributed by atoms with E-state index in [-0.39, 0.29) is 12.1 Å². The van der Waals surface area contributed by atoms with Crippen molar-refractivity contribution in [1.29, 1.82) is 0 Å². The van der Waals surface area contributed by atoms with Crippen LogP contribution in [0.3, 0.4) is 0 Å². The van der Waals surface area contributed by atoms with E-state index in [0.717, 1.165) is 18.4 Å². The monoisotopic (exact) mass is 281 g/mol.